The van der Waals surface area contributed by atoms with Gasteiger partial charge in [-0.1, -0.05) is 72.3 Å². The molecule has 0 spiro atoms. The van der Waals surface area contributed by atoms with Gasteiger partial charge in [-0.3, -0.25) is 0 Å². The van der Waals surface area contributed by atoms with E-state index in [-0.39, 0.29) is 0 Å². The number of rotatable bonds is 3. The second-order valence-electron chi connectivity index (χ2n) is 5.85. The van der Waals surface area contributed by atoms with E-state index in [0.717, 1.165) is 11.5 Å². The van der Waals surface area contributed by atoms with Crippen LogP contribution in [0.4, 0.5) is 0 Å². The molecule has 4 rings (SSSR count). The molecule has 0 amide bonds. The van der Waals surface area contributed by atoms with E-state index in [4.69, 9.17) is 4.74 Å². The second-order valence-corrected chi connectivity index (χ2v) is 7.04. The molecule has 2 aromatic carbocycles. The number of fused-ring (bicyclic) bond motifs is 1. The summed E-state index contributed by atoms with van der Waals surface area (Å²) in [5, 5.41) is 0.425. The zero-order valence-corrected chi connectivity index (χ0v) is 13.8. The molecule has 1 nitrogen and oxygen atoms in total. The van der Waals surface area contributed by atoms with E-state index in [1.165, 1.54) is 16.0 Å². The normalized spacial score (nSPS) is 22.7. The van der Waals surface area contributed by atoms with Gasteiger partial charge in [0.1, 0.15) is 11.5 Å². The average Bonchev–Trinajstić information content (AvgIpc) is 2.94. The minimum absolute atomic E-state index is 0.305. The first-order chi connectivity index (χ1) is 11.3. The monoisotopic (exact) mass is 318 g/mol. The summed E-state index contributed by atoms with van der Waals surface area (Å²) >= 11 is 1.91. The molecule has 0 fully saturated rings. The Morgan fingerprint density at radius 3 is 2.35 bits per heavy atom. The molecule has 1 aliphatic carbocycles. The van der Waals surface area contributed by atoms with Crippen LogP contribution in [0.2, 0.25) is 0 Å². The van der Waals surface area contributed by atoms with Crippen molar-refractivity contribution in [1.82, 2.24) is 0 Å². The summed E-state index contributed by atoms with van der Waals surface area (Å²) < 4.78 is 6.33. The van der Waals surface area contributed by atoms with Gasteiger partial charge in [-0.25, -0.2) is 0 Å². The Morgan fingerprint density at radius 2 is 1.61 bits per heavy atom. The van der Waals surface area contributed by atoms with Gasteiger partial charge < -0.3 is 4.74 Å². The van der Waals surface area contributed by atoms with Gasteiger partial charge >= 0.3 is 0 Å². The Balaban J connectivity index is 1.76. The molecule has 114 valence electrons. The van der Waals surface area contributed by atoms with Gasteiger partial charge in [0.2, 0.25) is 0 Å². The highest BCUT2D eigenvalue weighted by atomic mass is 32.2. The Kier molecular flexibility index (Phi) is 3.84. The Hall–Kier alpha value is -2.19. The number of allylic oxidation sites excluding steroid dienone is 3. The molecule has 0 bridgehead atoms. The third kappa shape index (κ3) is 2.87. The zero-order valence-electron chi connectivity index (χ0n) is 13.0. The van der Waals surface area contributed by atoms with Crippen molar-refractivity contribution in [3.8, 4) is 5.75 Å². The quantitative estimate of drug-likeness (QED) is 0.720. The first-order valence-corrected chi connectivity index (χ1v) is 8.75. The van der Waals surface area contributed by atoms with Crippen LogP contribution < -0.4 is 4.74 Å². The van der Waals surface area contributed by atoms with Crippen LogP contribution in [0.1, 0.15) is 12.5 Å². The van der Waals surface area contributed by atoms with Crippen LogP contribution in [-0.4, -0.2) is 5.25 Å². The van der Waals surface area contributed by atoms with Crippen LogP contribution in [0.25, 0.3) is 4.91 Å². The third-order valence-corrected chi connectivity index (χ3v) is 5.51. The fourth-order valence-corrected chi connectivity index (χ4v) is 4.48. The van der Waals surface area contributed by atoms with Crippen LogP contribution in [0, 0.1) is 5.92 Å². The van der Waals surface area contributed by atoms with E-state index in [2.05, 4.69) is 55.5 Å². The van der Waals surface area contributed by atoms with E-state index in [0.29, 0.717) is 11.2 Å². The molecule has 2 unspecified atom stereocenters. The minimum atomic E-state index is 0.305. The van der Waals surface area contributed by atoms with Crippen LogP contribution in [0.3, 0.4) is 0 Å². The van der Waals surface area contributed by atoms with Crippen LogP contribution in [0.5, 0.6) is 5.75 Å². The fourth-order valence-electron chi connectivity index (χ4n) is 3.00. The van der Waals surface area contributed by atoms with Gasteiger partial charge in [0.15, 0.2) is 0 Å². The summed E-state index contributed by atoms with van der Waals surface area (Å²) in [5.41, 5.74) is 2.56. The summed E-state index contributed by atoms with van der Waals surface area (Å²) in [6.45, 7) is 2.16. The van der Waals surface area contributed by atoms with Gasteiger partial charge in [-0.15, -0.1) is 11.8 Å². The summed E-state index contributed by atoms with van der Waals surface area (Å²) in [4.78, 5) is 1.25. The standard InChI is InChI=1S/C21H18OS/c1-15-12-13-18-19(14-15)23-21(16-8-4-2-5-9-16)20(18)22-17-10-6-3-7-11-17/h2-14,18-19H,1H3. The SMILES string of the molecule is CC1=CC2SC(c3ccccc3)=C(Oc3ccccc3)C2C=C1. The molecule has 0 radical (unpaired) electrons. The Labute approximate surface area is 141 Å². The average molecular weight is 318 g/mol. The number of hydrogen-bond acceptors (Lipinski definition) is 2. The molecule has 1 heterocycles. The third-order valence-electron chi connectivity index (χ3n) is 4.14. The molecule has 2 aromatic rings. The van der Waals surface area contributed by atoms with Crippen molar-refractivity contribution >= 4 is 16.7 Å². The summed E-state index contributed by atoms with van der Waals surface area (Å²) in [6, 6.07) is 20.6. The molecule has 0 N–H and O–H groups in total. The van der Waals surface area contributed by atoms with Crippen molar-refractivity contribution in [3.63, 3.8) is 0 Å². The maximum Gasteiger partial charge on any atom is 0.127 e. The first-order valence-electron chi connectivity index (χ1n) is 7.87. The topological polar surface area (TPSA) is 9.23 Å². The van der Waals surface area contributed by atoms with Crippen LogP contribution in [0.15, 0.2) is 90.2 Å². The number of thioether (sulfide) groups is 1. The number of para-hydroxylation sites is 1. The summed E-state index contributed by atoms with van der Waals surface area (Å²) in [5.74, 6) is 2.27. The van der Waals surface area contributed by atoms with E-state index in [1.54, 1.807) is 0 Å². The van der Waals surface area contributed by atoms with Crippen molar-refractivity contribution < 1.29 is 4.74 Å². The molecule has 2 aliphatic rings. The number of ether oxygens (including phenoxy) is 1. The summed E-state index contributed by atoms with van der Waals surface area (Å²) in [7, 11) is 0. The van der Waals surface area contributed by atoms with Gasteiger partial charge in [0.05, 0.1) is 10.8 Å². The van der Waals surface area contributed by atoms with Crippen LogP contribution in [-0.2, 0) is 0 Å². The molecule has 2 heteroatoms. The lowest BCUT2D eigenvalue weighted by Gasteiger charge is -2.20. The molecule has 0 aromatic heterocycles. The van der Waals surface area contributed by atoms with E-state index >= 15 is 0 Å². The van der Waals surface area contributed by atoms with Gasteiger partial charge in [-0.2, -0.15) is 0 Å². The fraction of sp³-hybridized carbons (Fsp3) is 0.143. The van der Waals surface area contributed by atoms with Crippen molar-refractivity contribution in [2.24, 2.45) is 5.92 Å². The van der Waals surface area contributed by atoms with E-state index < -0.39 is 0 Å². The first kappa shape index (κ1) is 14.4. The van der Waals surface area contributed by atoms with E-state index in [9.17, 15) is 0 Å². The molecule has 0 saturated heterocycles. The lowest BCUT2D eigenvalue weighted by Crippen LogP contribution is -2.16. The molecular weight excluding hydrogens is 300 g/mol. The van der Waals surface area contributed by atoms with Gasteiger partial charge in [0, 0.05) is 5.25 Å². The van der Waals surface area contributed by atoms with Crippen molar-refractivity contribution in [1.29, 1.82) is 0 Å². The van der Waals surface area contributed by atoms with E-state index in [1.807, 2.05) is 42.1 Å². The highest BCUT2D eigenvalue weighted by Gasteiger charge is 2.36. The Morgan fingerprint density at radius 1 is 0.913 bits per heavy atom. The second kappa shape index (κ2) is 6.13. The molecule has 2 atom stereocenters. The smallest absolute Gasteiger partial charge is 0.127 e. The molecular formula is C21H18OS. The van der Waals surface area contributed by atoms with Gasteiger partial charge in [0.25, 0.3) is 0 Å². The largest absolute Gasteiger partial charge is 0.460 e. The molecule has 23 heavy (non-hydrogen) atoms. The highest BCUT2D eigenvalue weighted by molar-refractivity contribution is 8.09. The lowest BCUT2D eigenvalue weighted by molar-refractivity contribution is 0.383. The van der Waals surface area contributed by atoms with Crippen molar-refractivity contribution in [2.75, 3.05) is 0 Å². The lowest BCUT2D eigenvalue weighted by atomic mass is 9.94. The van der Waals surface area contributed by atoms with Crippen molar-refractivity contribution in [3.05, 3.63) is 95.8 Å². The van der Waals surface area contributed by atoms with Gasteiger partial charge in [-0.05, 0) is 24.6 Å². The van der Waals surface area contributed by atoms with Crippen molar-refractivity contribution in [2.45, 2.75) is 12.2 Å². The van der Waals surface area contributed by atoms with Crippen LogP contribution >= 0.6 is 11.8 Å². The molecule has 1 aliphatic heterocycles. The molecule has 0 saturated carbocycles. The maximum absolute atomic E-state index is 6.33. The zero-order chi connectivity index (χ0) is 15.6. The number of benzene rings is 2. The summed E-state index contributed by atoms with van der Waals surface area (Å²) in [6.07, 6.45) is 6.82. The minimum Gasteiger partial charge on any atom is -0.460 e. The maximum atomic E-state index is 6.33. The Bertz CT molecular complexity index is 787. The number of hydrogen-bond donors (Lipinski definition) is 0. The predicted octanol–water partition coefficient (Wildman–Crippen LogP) is 5.68. The predicted molar refractivity (Wildman–Crippen MR) is 98.2 cm³/mol. The highest BCUT2D eigenvalue weighted by Crippen LogP contribution is 2.50.